The first-order valence-corrected chi connectivity index (χ1v) is 3.50. The molecule has 0 fully saturated rings. The minimum atomic E-state index is -0.0485. The summed E-state index contributed by atoms with van der Waals surface area (Å²) in [4.78, 5) is 3.99. The van der Waals surface area contributed by atoms with Crippen LogP contribution in [0.25, 0.3) is 0 Å². The van der Waals surface area contributed by atoms with Gasteiger partial charge < -0.3 is 4.42 Å². The van der Waals surface area contributed by atoms with Crippen molar-refractivity contribution >= 4 is 11.6 Å². The molecule has 0 amide bonds. The standard InChI is InChI=1S/C7H10ClNO/c1-7(2,3)6-9-4-5(8)10-6/h4H,1-3H3. The van der Waals surface area contributed by atoms with E-state index in [4.69, 9.17) is 16.0 Å². The van der Waals surface area contributed by atoms with Gasteiger partial charge >= 0.3 is 0 Å². The SMILES string of the molecule is CC(C)(C)c1ncc(Cl)o1. The Morgan fingerprint density at radius 3 is 2.30 bits per heavy atom. The molecule has 0 atom stereocenters. The van der Waals surface area contributed by atoms with Crippen LogP contribution in [-0.4, -0.2) is 4.98 Å². The van der Waals surface area contributed by atoms with Gasteiger partial charge in [-0.25, -0.2) is 4.98 Å². The predicted octanol–water partition coefficient (Wildman–Crippen LogP) is 2.63. The van der Waals surface area contributed by atoms with Crippen molar-refractivity contribution in [3.05, 3.63) is 17.3 Å². The average molecular weight is 160 g/mol. The van der Waals surface area contributed by atoms with E-state index in [1.165, 1.54) is 6.20 Å². The zero-order valence-corrected chi connectivity index (χ0v) is 7.07. The highest BCUT2D eigenvalue weighted by molar-refractivity contribution is 6.28. The molecule has 1 aromatic heterocycles. The molecule has 0 aromatic carbocycles. The lowest BCUT2D eigenvalue weighted by molar-refractivity contribution is 0.393. The third kappa shape index (κ3) is 1.51. The Kier molecular flexibility index (Phi) is 1.73. The third-order valence-electron chi connectivity index (χ3n) is 1.12. The quantitative estimate of drug-likeness (QED) is 0.582. The summed E-state index contributed by atoms with van der Waals surface area (Å²) in [5.74, 6) is 0.678. The second-order valence-electron chi connectivity index (χ2n) is 3.22. The first-order chi connectivity index (χ1) is 4.50. The predicted molar refractivity (Wildman–Crippen MR) is 40.2 cm³/mol. The lowest BCUT2D eigenvalue weighted by atomic mass is 9.97. The molecule has 0 saturated carbocycles. The van der Waals surface area contributed by atoms with Crippen LogP contribution in [0, 0.1) is 0 Å². The van der Waals surface area contributed by atoms with Crippen molar-refractivity contribution in [1.82, 2.24) is 4.98 Å². The molecule has 0 unspecified atom stereocenters. The molecule has 0 spiro atoms. The molecule has 1 aromatic rings. The molecule has 1 heterocycles. The molecular weight excluding hydrogens is 150 g/mol. The summed E-state index contributed by atoms with van der Waals surface area (Å²) in [6.45, 7) is 6.07. The van der Waals surface area contributed by atoms with Crippen molar-refractivity contribution in [2.45, 2.75) is 26.2 Å². The van der Waals surface area contributed by atoms with Gasteiger partial charge in [0.1, 0.15) is 0 Å². The van der Waals surface area contributed by atoms with Crippen LogP contribution in [0.4, 0.5) is 0 Å². The van der Waals surface area contributed by atoms with Crippen LogP contribution >= 0.6 is 11.6 Å². The van der Waals surface area contributed by atoms with Crippen molar-refractivity contribution < 1.29 is 4.42 Å². The monoisotopic (exact) mass is 159 g/mol. The average Bonchev–Trinajstić information content (AvgIpc) is 2.11. The Labute approximate surface area is 65.2 Å². The van der Waals surface area contributed by atoms with E-state index >= 15 is 0 Å². The molecule has 0 aliphatic heterocycles. The van der Waals surface area contributed by atoms with Crippen molar-refractivity contribution in [1.29, 1.82) is 0 Å². The Balaban J connectivity index is 2.96. The van der Waals surface area contributed by atoms with Crippen molar-refractivity contribution in [3.8, 4) is 0 Å². The normalized spacial score (nSPS) is 12.0. The summed E-state index contributed by atoms with van der Waals surface area (Å²) in [6.07, 6.45) is 1.52. The van der Waals surface area contributed by atoms with Gasteiger partial charge in [-0.15, -0.1) is 0 Å². The van der Waals surface area contributed by atoms with E-state index in [2.05, 4.69) is 4.98 Å². The topological polar surface area (TPSA) is 26.0 Å². The van der Waals surface area contributed by atoms with Crippen molar-refractivity contribution in [3.63, 3.8) is 0 Å². The van der Waals surface area contributed by atoms with Gasteiger partial charge in [-0.1, -0.05) is 20.8 Å². The number of nitrogens with zero attached hydrogens (tertiary/aromatic N) is 1. The number of hydrogen-bond acceptors (Lipinski definition) is 2. The number of oxazole rings is 1. The molecule has 0 N–H and O–H groups in total. The minimum Gasteiger partial charge on any atom is -0.429 e. The zero-order valence-electron chi connectivity index (χ0n) is 6.31. The van der Waals surface area contributed by atoms with E-state index in [1.54, 1.807) is 0 Å². The third-order valence-corrected chi connectivity index (χ3v) is 1.29. The molecule has 2 nitrogen and oxygen atoms in total. The van der Waals surface area contributed by atoms with Gasteiger partial charge in [0, 0.05) is 5.41 Å². The summed E-state index contributed by atoms with van der Waals surface area (Å²) < 4.78 is 5.10. The van der Waals surface area contributed by atoms with E-state index in [0.717, 1.165) is 0 Å². The van der Waals surface area contributed by atoms with E-state index in [1.807, 2.05) is 20.8 Å². The summed E-state index contributed by atoms with van der Waals surface area (Å²) >= 11 is 5.54. The second kappa shape index (κ2) is 2.27. The van der Waals surface area contributed by atoms with Gasteiger partial charge in [-0.05, 0) is 11.6 Å². The molecular formula is C7H10ClNO. The molecule has 0 saturated heterocycles. The largest absolute Gasteiger partial charge is 0.429 e. The van der Waals surface area contributed by atoms with Crippen LogP contribution in [0.15, 0.2) is 10.6 Å². The maximum absolute atomic E-state index is 5.54. The first-order valence-electron chi connectivity index (χ1n) is 3.12. The van der Waals surface area contributed by atoms with Crippen LogP contribution in [0.2, 0.25) is 5.22 Å². The Bertz CT molecular complexity index is 224. The fourth-order valence-corrected chi connectivity index (χ4v) is 0.723. The molecule has 56 valence electrons. The van der Waals surface area contributed by atoms with Gasteiger partial charge in [0.2, 0.25) is 11.1 Å². The molecule has 3 heteroatoms. The number of hydrogen-bond donors (Lipinski definition) is 0. The highest BCUT2D eigenvalue weighted by Gasteiger charge is 2.19. The summed E-state index contributed by atoms with van der Waals surface area (Å²) in [5, 5.41) is 0.352. The Morgan fingerprint density at radius 1 is 1.50 bits per heavy atom. The van der Waals surface area contributed by atoms with Crippen LogP contribution in [0.5, 0.6) is 0 Å². The number of halogens is 1. The van der Waals surface area contributed by atoms with E-state index < -0.39 is 0 Å². The molecule has 0 bridgehead atoms. The minimum absolute atomic E-state index is 0.0485. The van der Waals surface area contributed by atoms with Crippen LogP contribution < -0.4 is 0 Å². The highest BCUT2D eigenvalue weighted by atomic mass is 35.5. The van der Waals surface area contributed by atoms with E-state index in [-0.39, 0.29) is 5.41 Å². The maximum atomic E-state index is 5.54. The molecule has 1 rings (SSSR count). The van der Waals surface area contributed by atoms with Crippen molar-refractivity contribution in [2.24, 2.45) is 0 Å². The fourth-order valence-electron chi connectivity index (χ4n) is 0.601. The molecule has 0 aliphatic rings. The Morgan fingerprint density at radius 2 is 2.10 bits per heavy atom. The van der Waals surface area contributed by atoms with Gasteiger partial charge in [-0.2, -0.15) is 0 Å². The van der Waals surface area contributed by atoms with Gasteiger partial charge in [0.05, 0.1) is 6.20 Å². The van der Waals surface area contributed by atoms with Gasteiger partial charge in [-0.3, -0.25) is 0 Å². The van der Waals surface area contributed by atoms with Gasteiger partial charge in [0.15, 0.2) is 0 Å². The highest BCUT2D eigenvalue weighted by Crippen LogP contribution is 2.23. The lowest BCUT2D eigenvalue weighted by Gasteiger charge is -2.11. The van der Waals surface area contributed by atoms with E-state index in [9.17, 15) is 0 Å². The fraction of sp³-hybridized carbons (Fsp3) is 0.571. The Hall–Kier alpha value is -0.500. The zero-order chi connectivity index (χ0) is 7.78. The van der Waals surface area contributed by atoms with Crippen LogP contribution in [-0.2, 0) is 5.41 Å². The van der Waals surface area contributed by atoms with Crippen LogP contribution in [0.1, 0.15) is 26.7 Å². The van der Waals surface area contributed by atoms with Crippen LogP contribution in [0.3, 0.4) is 0 Å². The van der Waals surface area contributed by atoms with E-state index in [0.29, 0.717) is 11.1 Å². The molecule has 0 radical (unpaired) electrons. The lowest BCUT2D eigenvalue weighted by Crippen LogP contribution is -2.10. The van der Waals surface area contributed by atoms with Crippen molar-refractivity contribution in [2.75, 3.05) is 0 Å². The number of rotatable bonds is 0. The summed E-state index contributed by atoms with van der Waals surface area (Å²) in [5.41, 5.74) is -0.0485. The summed E-state index contributed by atoms with van der Waals surface area (Å²) in [7, 11) is 0. The maximum Gasteiger partial charge on any atom is 0.213 e. The second-order valence-corrected chi connectivity index (χ2v) is 3.59. The smallest absolute Gasteiger partial charge is 0.213 e. The number of aromatic nitrogens is 1. The molecule has 0 aliphatic carbocycles. The van der Waals surface area contributed by atoms with Gasteiger partial charge in [0.25, 0.3) is 0 Å². The molecule has 10 heavy (non-hydrogen) atoms. The summed E-state index contributed by atoms with van der Waals surface area (Å²) in [6, 6.07) is 0. The first kappa shape index (κ1) is 7.61.